The summed E-state index contributed by atoms with van der Waals surface area (Å²) in [5, 5.41) is 6.36. The van der Waals surface area contributed by atoms with Gasteiger partial charge in [-0.2, -0.15) is 0 Å². The maximum absolute atomic E-state index is 11.9. The number of pyridine rings is 1. The van der Waals surface area contributed by atoms with Gasteiger partial charge in [0.15, 0.2) is 5.82 Å². The first-order chi connectivity index (χ1) is 16.1. The van der Waals surface area contributed by atoms with E-state index in [1.54, 1.807) is 13.8 Å². The van der Waals surface area contributed by atoms with E-state index in [2.05, 4.69) is 27.8 Å². The molecule has 8 nitrogen and oxygen atoms in total. The van der Waals surface area contributed by atoms with Crippen molar-refractivity contribution in [3.8, 4) is 11.1 Å². The lowest BCUT2D eigenvalue weighted by Crippen LogP contribution is -2.37. The molecule has 0 amide bonds. The molecule has 0 atom stereocenters. The molecule has 0 saturated carbocycles. The number of aryl methyl sites for hydroxylation is 1. The molecule has 9 heteroatoms. The van der Waals surface area contributed by atoms with Gasteiger partial charge < -0.3 is 15.0 Å². The third kappa shape index (κ3) is 4.64. The van der Waals surface area contributed by atoms with Gasteiger partial charge in [-0.15, -0.1) is 0 Å². The number of sulfonamides is 1. The van der Waals surface area contributed by atoms with Crippen LogP contribution >= 0.6 is 0 Å². The van der Waals surface area contributed by atoms with E-state index >= 15 is 0 Å². The lowest BCUT2D eigenvalue weighted by Gasteiger charge is -2.22. The number of nitrogen functional groups attached to an aromatic ring is 1. The number of nitrogens with two attached hydrogens (primary N) is 2. The zero-order valence-electron chi connectivity index (χ0n) is 19.8. The average molecular weight is 482 g/mol. The smallest absolute Gasteiger partial charge is 0.214 e. The van der Waals surface area contributed by atoms with Crippen LogP contribution in [0.15, 0.2) is 48.5 Å². The Kier molecular flexibility index (Phi) is 6.62. The van der Waals surface area contributed by atoms with Crippen LogP contribution in [0.1, 0.15) is 39.4 Å². The summed E-state index contributed by atoms with van der Waals surface area (Å²) >= 11 is 0. The first-order valence-electron chi connectivity index (χ1n) is 11.4. The van der Waals surface area contributed by atoms with Crippen LogP contribution < -0.4 is 10.9 Å². The van der Waals surface area contributed by atoms with Crippen LogP contribution in [-0.2, 0) is 27.9 Å². The van der Waals surface area contributed by atoms with Crippen molar-refractivity contribution in [3.63, 3.8) is 0 Å². The molecule has 2 heterocycles. The standard InChI is InChI=1S/C25H31N5O3S/c1-4-33-16-21-29-22-23(30(21)14-8-13-25(2,3)34(27,31)32)19-12-11-18(15-20(19)28-24(22)26)17-9-6-5-7-10-17/h5-7,9-12,15H,4,8,13-14,16H2,1-3H3,(H2,26,28)(H2,27,31,32). The molecule has 2 aromatic carbocycles. The quantitative estimate of drug-likeness (QED) is 0.369. The molecule has 4 N–H and O–H groups in total. The number of hydrogen-bond donors (Lipinski definition) is 2. The number of aromatic nitrogens is 3. The highest BCUT2D eigenvalue weighted by molar-refractivity contribution is 7.90. The van der Waals surface area contributed by atoms with Crippen molar-refractivity contribution in [2.24, 2.45) is 5.14 Å². The van der Waals surface area contributed by atoms with E-state index in [1.165, 1.54) is 0 Å². The van der Waals surface area contributed by atoms with E-state index in [4.69, 9.17) is 20.6 Å². The number of imidazole rings is 1. The van der Waals surface area contributed by atoms with Gasteiger partial charge in [-0.25, -0.2) is 23.5 Å². The van der Waals surface area contributed by atoms with E-state index < -0.39 is 14.8 Å². The topological polar surface area (TPSA) is 126 Å². The van der Waals surface area contributed by atoms with Crippen molar-refractivity contribution in [2.45, 2.75) is 51.5 Å². The van der Waals surface area contributed by atoms with Gasteiger partial charge in [0.2, 0.25) is 10.0 Å². The predicted molar refractivity (Wildman–Crippen MR) is 137 cm³/mol. The second kappa shape index (κ2) is 9.32. The van der Waals surface area contributed by atoms with E-state index in [9.17, 15) is 8.42 Å². The minimum Gasteiger partial charge on any atom is -0.382 e. The van der Waals surface area contributed by atoms with Crippen LogP contribution in [0.2, 0.25) is 0 Å². The number of anilines is 1. The summed E-state index contributed by atoms with van der Waals surface area (Å²) in [5.41, 5.74) is 10.8. The molecule has 0 bridgehead atoms. The number of fused-ring (bicyclic) bond motifs is 3. The molecular weight excluding hydrogens is 450 g/mol. The Morgan fingerprint density at radius 3 is 2.47 bits per heavy atom. The van der Waals surface area contributed by atoms with Crippen LogP contribution in [0.3, 0.4) is 0 Å². The van der Waals surface area contributed by atoms with Gasteiger partial charge in [0.05, 0.1) is 15.8 Å². The van der Waals surface area contributed by atoms with Crippen molar-refractivity contribution in [1.29, 1.82) is 0 Å². The van der Waals surface area contributed by atoms with Crippen LogP contribution in [0, 0.1) is 0 Å². The molecule has 0 aliphatic carbocycles. The number of ether oxygens (including phenoxy) is 1. The maximum Gasteiger partial charge on any atom is 0.214 e. The highest BCUT2D eigenvalue weighted by atomic mass is 32.2. The molecular formula is C25H31N5O3S. The molecule has 2 aromatic heterocycles. The molecule has 34 heavy (non-hydrogen) atoms. The number of benzene rings is 2. The van der Waals surface area contributed by atoms with E-state index in [0.29, 0.717) is 43.9 Å². The highest BCUT2D eigenvalue weighted by Crippen LogP contribution is 2.32. The summed E-state index contributed by atoms with van der Waals surface area (Å²) in [4.78, 5) is 9.39. The second-order valence-electron chi connectivity index (χ2n) is 9.02. The van der Waals surface area contributed by atoms with E-state index in [-0.39, 0.29) is 0 Å². The highest BCUT2D eigenvalue weighted by Gasteiger charge is 2.30. The van der Waals surface area contributed by atoms with Crippen molar-refractivity contribution < 1.29 is 13.2 Å². The Balaban J connectivity index is 1.81. The Bertz CT molecular complexity index is 1430. The maximum atomic E-state index is 11.9. The summed E-state index contributed by atoms with van der Waals surface area (Å²) in [6.45, 7) is 6.66. The van der Waals surface area contributed by atoms with Crippen molar-refractivity contribution in [3.05, 3.63) is 54.4 Å². The monoisotopic (exact) mass is 481 g/mol. The van der Waals surface area contributed by atoms with Crippen molar-refractivity contribution >= 4 is 37.8 Å². The molecule has 0 radical (unpaired) electrons. The number of primary sulfonamides is 1. The van der Waals surface area contributed by atoms with Gasteiger partial charge in [-0.1, -0.05) is 42.5 Å². The molecule has 0 unspecified atom stereocenters. The summed E-state index contributed by atoms with van der Waals surface area (Å²) in [7, 11) is -3.66. The summed E-state index contributed by atoms with van der Waals surface area (Å²) in [6.07, 6.45) is 1.01. The SMILES string of the molecule is CCOCc1nc2c(N)nc3cc(-c4ccccc4)ccc3c2n1CCCC(C)(C)S(N)(=O)=O. The number of nitrogens with zero attached hydrogens (tertiary/aromatic N) is 3. The summed E-state index contributed by atoms with van der Waals surface area (Å²) in [6, 6.07) is 16.2. The molecule has 4 rings (SSSR count). The summed E-state index contributed by atoms with van der Waals surface area (Å²) in [5.74, 6) is 1.09. The van der Waals surface area contributed by atoms with Gasteiger partial charge in [0, 0.05) is 18.5 Å². The third-order valence-electron chi connectivity index (χ3n) is 6.26. The average Bonchev–Trinajstić information content (AvgIpc) is 3.16. The molecule has 180 valence electrons. The largest absolute Gasteiger partial charge is 0.382 e. The molecule has 0 spiro atoms. The first-order valence-corrected chi connectivity index (χ1v) is 12.9. The van der Waals surface area contributed by atoms with Gasteiger partial charge in [0.1, 0.15) is 17.9 Å². The third-order valence-corrected chi connectivity index (χ3v) is 8.00. The Labute approximate surface area is 200 Å². The van der Waals surface area contributed by atoms with Crippen molar-refractivity contribution in [1.82, 2.24) is 14.5 Å². The first kappa shape index (κ1) is 24.1. The normalized spacial score (nSPS) is 12.6. The molecule has 0 aliphatic rings. The second-order valence-corrected chi connectivity index (χ2v) is 11.2. The van der Waals surface area contributed by atoms with Gasteiger partial charge in [-0.3, -0.25) is 0 Å². The summed E-state index contributed by atoms with van der Waals surface area (Å²) < 4.78 is 30.6. The van der Waals surface area contributed by atoms with Gasteiger partial charge in [0.25, 0.3) is 0 Å². The Hall–Kier alpha value is -3.01. The molecule has 0 fully saturated rings. The van der Waals surface area contributed by atoms with E-state index in [1.807, 2.05) is 37.3 Å². The fourth-order valence-electron chi connectivity index (χ4n) is 4.12. The lowest BCUT2D eigenvalue weighted by atomic mass is 10.0. The predicted octanol–water partition coefficient (Wildman–Crippen LogP) is 4.22. The number of hydrogen-bond acceptors (Lipinski definition) is 6. The minimum absolute atomic E-state index is 0.326. The zero-order valence-corrected chi connectivity index (χ0v) is 20.6. The fourth-order valence-corrected chi connectivity index (χ4v) is 4.55. The minimum atomic E-state index is -3.66. The van der Waals surface area contributed by atoms with Gasteiger partial charge in [-0.05, 0) is 50.8 Å². The van der Waals surface area contributed by atoms with Crippen LogP contribution in [0.5, 0.6) is 0 Å². The van der Waals surface area contributed by atoms with Crippen LogP contribution in [0.25, 0.3) is 33.1 Å². The Morgan fingerprint density at radius 1 is 1.06 bits per heavy atom. The van der Waals surface area contributed by atoms with Crippen LogP contribution in [-0.4, -0.2) is 34.3 Å². The van der Waals surface area contributed by atoms with Gasteiger partial charge >= 0.3 is 0 Å². The zero-order chi connectivity index (χ0) is 24.5. The number of rotatable bonds is 9. The molecule has 4 aromatic rings. The van der Waals surface area contributed by atoms with Crippen LogP contribution in [0.4, 0.5) is 5.82 Å². The molecule has 0 saturated heterocycles. The lowest BCUT2D eigenvalue weighted by molar-refractivity contribution is 0.126. The Morgan fingerprint density at radius 2 is 1.79 bits per heavy atom. The molecule has 0 aliphatic heterocycles. The van der Waals surface area contributed by atoms with Crippen molar-refractivity contribution in [2.75, 3.05) is 12.3 Å². The van der Waals surface area contributed by atoms with E-state index in [0.717, 1.165) is 33.4 Å². The fraction of sp³-hybridized carbons (Fsp3) is 0.360.